The highest BCUT2D eigenvalue weighted by Gasteiger charge is 2.42. The van der Waals surface area contributed by atoms with E-state index in [4.69, 9.17) is 9.84 Å². The molecule has 1 rings (SSSR count). The van der Waals surface area contributed by atoms with Crippen LogP contribution in [0.1, 0.15) is 20.3 Å². The summed E-state index contributed by atoms with van der Waals surface area (Å²) in [5, 5.41) is 11.3. The molecule has 78 valence electrons. The molecule has 2 unspecified atom stereocenters. The lowest BCUT2D eigenvalue weighted by Crippen LogP contribution is -2.54. The third-order valence-corrected chi connectivity index (χ3v) is 2.16. The summed E-state index contributed by atoms with van der Waals surface area (Å²) in [4.78, 5) is 21.7. The summed E-state index contributed by atoms with van der Waals surface area (Å²) >= 11 is 0. The Kier molecular flexibility index (Phi) is 2.78. The van der Waals surface area contributed by atoms with Crippen LogP contribution in [0.15, 0.2) is 12.3 Å². The van der Waals surface area contributed by atoms with E-state index in [0.717, 1.165) is 0 Å². The van der Waals surface area contributed by atoms with Crippen molar-refractivity contribution in [1.82, 2.24) is 5.32 Å². The van der Waals surface area contributed by atoms with E-state index in [2.05, 4.69) is 5.32 Å². The zero-order valence-corrected chi connectivity index (χ0v) is 8.11. The van der Waals surface area contributed by atoms with Crippen molar-refractivity contribution in [2.45, 2.75) is 31.9 Å². The smallest absolute Gasteiger partial charge is 0.330 e. The summed E-state index contributed by atoms with van der Waals surface area (Å²) < 4.78 is 5.19. The zero-order valence-electron chi connectivity index (χ0n) is 8.11. The van der Waals surface area contributed by atoms with Crippen LogP contribution < -0.4 is 5.32 Å². The monoisotopic (exact) mass is 199 g/mol. The minimum atomic E-state index is -1.09. The Morgan fingerprint density at radius 3 is 2.64 bits per heavy atom. The molecule has 0 aromatic carbocycles. The van der Waals surface area contributed by atoms with E-state index in [1.54, 1.807) is 13.0 Å². The van der Waals surface area contributed by atoms with Crippen LogP contribution in [0.2, 0.25) is 0 Å². The van der Waals surface area contributed by atoms with E-state index in [9.17, 15) is 9.59 Å². The Bertz CT molecular complexity index is 277. The van der Waals surface area contributed by atoms with Crippen molar-refractivity contribution >= 4 is 11.9 Å². The van der Waals surface area contributed by atoms with Crippen LogP contribution in [0.3, 0.4) is 0 Å². The fourth-order valence-corrected chi connectivity index (χ4v) is 1.40. The van der Waals surface area contributed by atoms with Gasteiger partial charge in [-0.15, -0.1) is 0 Å². The minimum Gasteiger partial charge on any atom is -0.492 e. The number of hydrogen-bond acceptors (Lipinski definition) is 3. The number of carbonyl (C=O) groups is 2. The molecule has 1 aliphatic heterocycles. The van der Waals surface area contributed by atoms with Gasteiger partial charge in [0.2, 0.25) is 5.91 Å². The number of ether oxygens (including phenoxy) is 1. The molecule has 1 amide bonds. The molecule has 0 radical (unpaired) electrons. The van der Waals surface area contributed by atoms with E-state index in [-0.39, 0.29) is 5.91 Å². The largest absolute Gasteiger partial charge is 0.492 e. The molecule has 5 nitrogen and oxygen atoms in total. The van der Waals surface area contributed by atoms with E-state index < -0.39 is 17.6 Å². The molecule has 0 saturated carbocycles. The molecular formula is C9H13NO4. The maximum absolute atomic E-state index is 10.9. The number of aliphatic carboxylic acids is 1. The van der Waals surface area contributed by atoms with Crippen molar-refractivity contribution < 1.29 is 19.4 Å². The Hall–Kier alpha value is -1.52. The van der Waals surface area contributed by atoms with Crippen LogP contribution in [0, 0.1) is 0 Å². The predicted octanol–water partition coefficient (Wildman–Crippen LogP) is 0.268. The number of carboxylic acid groups (broad SMARTS) is 1. The highest BCUT2D eigenvalue weighted by Crippen LogP contribution is 2.26. The number of carbonyl (C=O) groups excluding carboxylic acids is 1. The molecule has 0 aromatic heterocycles. The Labute approximate surface area is 81.7 Å². The van der Waals surface area contributed by atoms with Crippen molar-refractivity contribution in [2.24, 2.45) is 0 Å². The molecule has 1 aliphatic rings. The lowest BCUT2D eigenvalue weighted by molar-refractivity contribution is -0.148. The van der Waals surface area contributed by atoms with Gasteiger partial charge in [0.05, 0.1) is 6.26 Å². The first-order chi connectivity index (χ1) is 6.46. The highest BCUT2D eigenvalue weighted by atomic mass is 16.5. The molecule has 14 heavy (non-hydrogen) atoms. The van der Waals surface area contributed by atoms with Gasteiger partial charge in [-0.3, -0.25) is 4.79 Å². The van der Waals surface area contributed by atoms with Gasteiger partial charge < -0.3 is 15.2 Å². The van der Waals surface area contributed by atoms with Crippen LogP contribution in [0.5, 0.6) is 0 Å². The quantitative estimate of drug-likeness (QED) is 0.684. The average Bonchev–Trinajstić information content (AvgIpc) is 2.48. The molecule has 2 N–H and O–H groups in total. The second-order valence-corrected chi connectivity index (χ2v) is 3.48. The molecule has 1 heterocycles. The van der Waals surface area contributed by atoms with Crippen LogP contribution in [-0.2, 0) is 14.3 Å². The molecule has 0 bridgehead atoms. The fourth-order valence-electron chi connectivity index (χ4n) is 1.40. The summed E-state index contributed by atoms with van der Waals surface area (Å²) in [6, 6.07) is -1.02. The van der Waals surface area contributed by atoms with Crippen molar-refractivity contribution in [3.8, 4) is 0 Å². The predicted molar refractivity (Wildman–Crippen MR) is 48.5 cm³/mol. The van der Waals surface area contributed by atoms with Gasteiger partial charge in [-0.1, -0.05) is 0 Å². The molecular weight excluding hydrogens is 186 g/mol. The maximum Gasteiger partial charge on any atom is 0.330 e. The van der Waals surface area contributed by atoms with Gasteiger partial charge in [-0.05, 0) is 13.0 Å². The van der Waals surface area contributed by atoms with E-state index in [0.29, 0.717) is 6.42 Å². The third-order valence-electron chi connectivity index (χ3n) is 2.16. The molecule has 5 heteroatoms. The highest BCUT2D eigenvalue weighted by molar-refractivity contribution is 5.83. The standard InChI is InChI=1S/C9H13NO4/c1-6(11)10-7(8(12)13)9(2)4-3-5-14-9/h3,5,7H,4H2,1-2H3,(H,10,11)(H,12,13). The summed E-state index contributed by atoms with van der Waals surface area (Å²) in [6.07, 6.45) is 3.67. The topological polar surface area (TPSA) is 75.6 Å². The number of carboxylic acids is 1. The minimum absolute atomic E-state index is 0.380. The summed E-state index contributed by atoms with van der Waals surface area (Å²) in [6.45, 7) is 2.93. The Balaban J connectivity index is 2.76. The molecule has 0 fully saturated rings. The summed E-state index contributed by atoms with van der Waals surface area (Å²) in [5.41, 5.74) is -0.877. The number of nitrogens with one attached hydrogen (secondary N) is 1. The van der Waals surface area contributed by atoms with Gasteiger partial charge in [0.1, 0.15) is 5.60 Å². The van der Waals surface area contributed by atoms with Gasteiger partial charge in [0.15, 0.2) is 6.04 Å². The number of hydrogen-bond donors (Lipinski definition) is 2. The van der Waals surface area contributed by atoms with Crippen molar-refractivity contribution in [3.05, 3.63) is 12.3 Å². The maximum atomic E-state index is 10.9. The average molecular weight is 199 g/mol. The molecule has 0 aliphatic carbocycles. The fraction of sp³-hybridized carbons (Fsp3) is 0.556. The normalized spacial score (nSPS) is 26.7. The van der Waals surface area contributed by atoms with Gasteiger partial charge in [-0.25, -0.2) is 4.79 Å². The SMILES string of the molecule is CC(=O)NC(C(=O)O)C1(C)CC=CO1. The molecule has 0 spiro atoms. The van der Waals surface area contributed by atoms with E-state index in [1.165, 1.54) is 13.2 Å². The Morgan fingerprint density at radius 1 is 1.64 bits per heavy atom. The van der Waals surface area contributed by atoms with Gasteiger partial charge in [-0.2, -0.15) is 0 Å². The van der Waals surface area contributed by atoms with E-state index in [1.807, 2.05) is 0 Å². The van der Waals surface area contributed by atoms with Gasteiger partial charge >= 0.3 is 5.97 Å². The van der Waals surface area contributed by atoms with Crippen molar-refractivity contribution in [1.29, 1.82) is 0 Å². The lowest BCUT2D eigenvalue weighted by Gasteiger charge is -2.30. The molecule has 2 atom stereocenters. The Morgan fingerprint density at radius 2 is 2.29 bits per heavy atom. The molecule has 0 aromatic rings. The van der Waals surface area contributed by atoms with Gasteiger partial charge in [0.25, 0.3) is 0 Å². The zero-order chi connectivity index (χ0) is 10.8. The summed E-state index contributed by atoms with van der Waals surface area (Å²) in [5.74, 6) is -1.47. The van der Waals surface area contributed by atoms with Crippen LogP contribution in [-0.4, -0.2) is 28.6 Å². The number of rotatable bonds is 3. The molecule has 0 saturated heterocycles. The second-order valence-electron chi connectivity index (χ2n) is 3.48. The van der Waals surface area contributed by atoms with Crippen LogP contribution in [0.25, 0.3) is 0 Å². The first kappa shape index (κ1) is 10.6. The van der Waals surface area contributed by atoms with Crippen molar-refractivity contribution in [2.75, 3.05) is 0 Å². The van der Waals surface area contributed by atoms with Gasteiger partial charge in [0, 0.05) is 13.3 Å². The lowest BCUT2D eigenvalue weighted by atomic mass is 9.93. The van der Waals surface area contributed by atoms with Crippen molar-refractivity contribution in [3.63, 3.8) is 0 Å². The van der Waals surface area contributed by atoms with Crippen LogP contribution in [0.4, 0.5) is 0 Å². The third kappa shape index (κ3) is 2.04. The second kappa shape index (κ2) is 3.69. The van der Waals surface area contributed by atoms with E-state index >= 15 is 0 Å². The first-order valence-corrected chi connectivity index (χ1v) is 4.28. The number of amides is 1. The van der Waals surface area contributed by atoms with Crippen LogP contribution >= 0.6 is 0 Å². The first-order valence-electron chi connectivity index (χ1n) is 4.28. The summed E-state index contributed by atoms with van der Waals surface area (Å²) in [7, 11) is 0.